The van der Waals surface area contributed by atoms with Gasteiger partial charge < -0.3 is 10.1 Å². The number of hydrogen-bond acceptors (Lipinski definition) is 5. The molecule has 0 bridgehead atoms. The number of amides is 1. The van der Waals surface area contributed by atoms with Crippen LogP contribution >= 0.6 is 11.3 Å². The number of piperidine rings is 1. The summed E-state index contributed by atoms with van der Waals surface area (Å²) in [7, 11) is 1.70. The standard InChI is InChI=1S/C17H27N3O2S/c1-18-16(21)11-20-7-8-22-14-17(13-20)5-3-6-19(12-17)10-15-4-2-9-23-15/h2,4,9H,3,5-8,10-14H2,1H3,(H,18,21)/t17-/m1/s1. The van der Waals surface area contributed by atoms with Gasteiger partial charge in [0, 0.05) is 43.5 Å². The van der Waals surface area contributed by atoms with Gasteiger partial charge in [-0.1, -0.05) is 6.07 Å². The van der Waals surface area contributed by atoms with Crippen LogP contribution in [0, 0.1) is 5.41 Å². The number of nitrogens with one attached hydrogen (secondary N) is 1. The summed E-state index contributed by atoms with van der Waals surface area (Å²) >= 11 is 1.83. The van der Waals surface area contributed by atoms with Gasteiger partial charge in [-0.15, -0.1) is 11.3 Å². The maximum atomic E-state index is 11.7. The minimum atomic E-state index is 0.0910. The molecular formula is C17H27N3O2S. The Morgan fingerprint density at radius 3 is 3.04 bits per heavy atom. The van der Waals surface area contributed by atoms with Crippen molar-refractivity contribution in [3.8, 4) is 0 Å². The van der Waals surface area contributed by atoms with Gasteiger partial charge in [-0.25, -0.2) is 0 Å². The van der Waals surface area contributed by atoms with E-state index in [4.69, 9.17) is 4.74 Å². The highest BCUT2D eigenvalue weighted by Crippen LogP contribution is 2.33. The molecule has 2 aliphatic rings. The van der Waals surface area contributed by atoms with Crippen molar-refractivity contribution in [2.45, 2.75) is 19.4 Å². The number of thiophene rings is 1. The molecule has 2 saturated heterocycles. The van der Waals surface area contributed by atoms with E-state index >= 15 is 0 Å². The lowest BCUT2D eigenvalue weighted by molar-refractivity contribution is -0.122. The SMILES string of the molecule is CNC(=O)CN1CCOC[C@@]2(CCCN(Cc3cccs3)C2)C1. The molecule has 23 heavy (non-hydrogen) atoms. The van der Waals surface area contributed by atoms with E-state index in [1.807, 2.05) is 11.3 Å². The Morgan fingerprint density at radius 1 is 1.39 bits per heavy atom. The van der Waals surface area contributed by atoms with Gasteiger partial charge in [-0.05, 0) is 30.8 Å². The van der Waals surface area contributed by atoms with E-state index in [1.165, 1.54) is 17.7 Å². The van der Waals surface area contributed by atoms with Gasteiger partial charge in [0.05, 0.1) is 19.8 Å². The van der Waals surface area contributed by atoms with E-state index in [1.54, 1.807) is 7.05 Å². The first-order valence-electron chi connectivity index (χ1n) is 8.45. The second-order valence-corrected chi connectivity index (χ2v) is 7.86. The molecule has 3 heterocycles. The van der Waals surface area contributed by atoms with E-state index in [2.05, 4.69) is 32.6 Å². The first-order valence-corrected chi connectivity index (χ1v) is 9.32. The van der Waals surface area contributed by atoms with Crippen molar-refractivity contribution in [1.29, 1.82) is 0 Å². The molecule has 6 heteroatoms. The summed E-state index contributed by atoms with van der Waals surface area (Å²) in [6.45, 7) is 7.09. The molecule has 3 rings (SSSR count). The molecule has 0 radical (unpaired) electrons. The van der Waals surface area contributed by atoms with Crippen molar-refractivity contribution in [3.05, 3.63) is 22.4 Å². The number of rotatable bonds is 4. The van der Waals surface area contributed by atoms with E-state index in [0.717, 1.165) is 45.9 Å². The average Bonchev–Trinajstić information content (AvgIpc) is 2.97. The van der Waals surface area contributed by atoms with E-state index in [9.17, 15) is 4.79 Å². The maximum Gasteiger partial charge on any atom is 0.233 e. The van der Waals surface area contributed by atoms with Gasteiger partial charge in [0.15, 0.2) is 0 Å². The summed E-state index contributed by atoms with van der Waals surface area (Å²) in [5.74, 6) is 0.0910. The number of likely N-dealkylation sites (tertiary alicyclic amines) is 1. The van der Waals surface area contributed by atoms with Crippen LogP contribution in [0.4, 0.5) is 0 Å². The van der Waals surface area contributed by atoms with Crippen molar-refractivity contribution in [1.82, 2.24) is 15.1 Å². The summed E-state index contributed by atoms with van der Waals surface area (Å²) in [4.78, 5) is 18.0. The molecule has 0 saturated carbocycles. The normalized spacial score (nSPS) is 27.0. The Hall–Kier alpha value is -0.950. The summed E-state index contributed by atoms with van der Waals surface area (Å²) in [5.41, 5.74) is 0.167. The minimum Gasteiger partial charge on any atom is -0.379 e. The molecule has 128 valence electrons. The third-order valence-corrected chi connectivity index (χ3v) is 5.73. The van der Waals surface area contributed by atoms with Crippen LogP contribution in [0.25, 0.3) is 0 Å². The van der Waals surface area contributed by atoms with Crippen molar-refractivity contribution >= 4 is 17.2 Å². The fourth-order valence-electron chi connectivity index (χ4n) is 3.81. The molecule has 1 atom stereocenters. The minimum absolute atomic E-state index is 0.0910. The molecule has 2 aliphatic heterocycles. The number of carbonyl (C=O) groups excluding carboxylic acids is 1. The Morgan fingerprint density at radius 2 is 2.26 bits per heavy atom. The third kappa shape index (κ3) is 4.53. The molecule has 1 aromatic rings. The Labute approximate surface area is 142 Å². The summed E-state index contributed by atoms with van der Waals surface area (Å²) < 4.78 is 5.92. The van der Waals surface area contributed by atoms with Crippen LogP contribution in [0.5, 0.6) is 0 Å². The highest BCUT2D eigenvalue weighted by atomic mass is 32.1. The summed E-state index contributed by atoms with van der Waals surface area (Å²) in [6, 6.07) is 4.34. The molecule has 1 aromatic heterocycles. The number of hydrogen-bond donors (Lipinski definition) is 1. The zero-order valence-electron chi connectivity index (χ0n) is 13.9. The first kappa shape index (κ1) is 16.9. The quantitative estimate of drug-likeness (QED) is 0.902. The van der Waals surface area contributed by atoms with Crippen LogP contribution in [-0.4, -0.2) is 68.7 Å². The number of likely N-dealkylation sites (N-methyl/N-ethyl adjacent to an activating group) is 1. The van der Waals surface area contributed by atoms with Crippen LogP contribution in [0.2, 0.25) is 0 Å². The molecule has 1 amide bonds. The van der Waals surface area contributed by atoms with E-state index < -0.39 is 0 Å². The zero-order chi connectivity index (χ0) is 16.1. The molecule has 0 aromatic carbocycles. The highest BCUT2D eigenvalue weighted by molar-refractivity contribution is 7.09. The van der Waals surface area contributed by atoms with Gasteiger partial charge in [-0.3, -0.25) is 14.6 Å². The topological polar surface area (TPSA) is 44.8 Å². The predicted octanol–water partition coefficient (Wildman–Crippen LogP) is 1.41. The largest absolute Gasteiger partial charge is 0.379 e. The Balaban J connectivity index is 1.64. The van der Waals surface area contributed by atoms with Crippen molar-refractivity contribution in [3.63, 3.8) is 0 Å². The second-order valence-electron chi connectivity index (χ2n) is 6.83. The van der Waals surface area contributed by atoms with Crippen molar-refractivity contribution in [2.75, 3.05) is 53.0 Å². The molecular weight excluding hydrogens is 310 g/mol. The summed E-state index contributed by atoms with van der Waals surface area (Å²) in [5, 5.41) is 4.88. The van der Waals surface area contributed by atoms with E-state index in [0.29, 0.717) is 6.54 Å². The molecule has 2 fully saturated rings. The van der Waals surface area contributed by atoms with Crippen LogP contribution in [0.1, 0.15) is 17.7 Å². The summed E-state index contributed by atoms with van der Waals surface area (Å²) in [6.07, 6.45) is 2.40. The van der Waals surface area contributed by atoms with Crippen LogP contribution < -0.4 is 5.32 Å². The fourth-order valence-corrected chi connectivity index (χ4v) is 4.56. The monoisotopic (exact) mass is 337 g/mol. The smallest absolute Gasteiger partial charge is 0.233 e. The lowest BCUT2D eigenvalue weighted by atomic mass is 9.80. The van der Waals surface area contributed by atoms with Gasteiger partial charge in [0.1, 0.15) is 0 Å². The Bertz CT molecular complexity index is 508. The average molecular weight is 337 g/mol. The van der Waals surface area contributed by atoms with Gasteiger partial charge >= 0.3 is 0 Å². The lowest BCUT2D eigenvalue weighted by Gasteiger charge is -2.43. The zero-order valence-corrected chi connectivity index (χ0v) is 14.7. The van der Waals surface area contributed by atoms with Crippen LogP contribution in [0.15, 0.2) is 17.5 Å². The number of carbonyl (C=O) groups is 1. The molecule has 1 N–H and O–H groups in total. The molecule has 1 spiro atoms. The van der Waals surface area contributed by atoms with Crippen molar-refractivity contribution in [2.24, 2.45) is 5.41 Å². The highest BCUT2D eigenvalue weighted by Gasteiger charge is 2.39. The second kappa shape index (κ2) is 7.75. The predicted molar refractivity (Wildman–Crippen MR) is 92.6 cm³/mol. The van der Waals surface area contributed by atoms with Gasteiger partial charge in [0.25, 0.3) is 0 Å². The first-order chi connectivity index (χ1) is 11.2. The lowest BCUT2D eigenvalue weighted by Crippen LogP contribution is -2.51. The van der Waals surface area contributed by atoms with E-state index in [-0.39, 0.29) is 11.3 Å². The molecule has 0 unspecified atom stereocenters. The third-order valence-electron chi connectivity index (χ3n) is 4.87. The number of ether oxygens (including phenoxy) is 1. The number of nitrogens with zero attached hydrogens (tertiary/aromatic N) is 2. The maximum absolute atomic E-state index is 11.7. The van der Waals surface area contributed by atoms with Crippen LogP contribution in [-0.2, 0) is 16.1 Å². The molecule has 0 aliphatic carbocycles. The molecule has 5 nitrogen and oxygen atoms in total. The van der Waals surface area contributed by atoms with Crippen molar-refractivity contribution < 1.29 is 9.53 Å². The Kier molecular flexibility index (Phi) is 5.69. The van der Waals surface area contributed by atoms with Crippen LogP contribution in [0.3, 0.4) is 0 Å². The van der Waals surface area contributed by atoms with Gasteiger partial charge in [0.2, 0.25) is 5.91 Å². The van der Waals surface area contributed by atoms with Gasteiger partial charge in [-0.2, -0.15) is 0 Å². The fraction of sp³-hybridized carbons (Fsp3) is 0.706.